The standard InChI is InChI=1S/C14H18F3NO9/c1-5(19)24-4-8-10(25-6(2)20)11(26-7(3)21)9(12(22)27-8)18-13(23)14(15,16)17/h8-12,22H,4H2,1-3H3,(H,18,23)/t8-,9-,10-,11-,12-/m0/s1. The molecule has 0 aromatic heterocycles. The number of ether oxygens (including phenoxy) is 4. The van der Waals surface area contributed by atoms with E-state index in [9.17, 15) is 37.5 Å². The Kier molecular flexibility index (Phi) is 7.54. The number of hydrogen-bond donors (Lipinski definition) is 2. The van der Waals surface area contributed by atoms with Crippen molar-refractivity contribution in [2.75, 3.05) is 6.61 Å². The van der Waals surface area contributed by atoms with Gasteiger partial charge in [0.15, 0.2) is 18.5 Å². The van der Waals surface area contributed by atoms with Gasteiger partial charge >= 0.3 is 30.0 Å². The predicted molar refractivity (Wildman–Crippen MR) is 76.6 cm³/mol. The summed E-state index contributed by atoms with van der Waals surface area (Å²) in [5.41, 5.74) is 0. The quantitative estimate of drug-likeness (QED) is 0.447. The summed E-state index contributed by atoms with van der Waals surface area (Å²) in [6.45, 7) is 2.36. The van der Waals surface area contributed by atoms with Crippen molar-refractivity contribution in [2.24, 2.45) is 0 Å². The third kappa shape index (κ3) is 6.67. The van der Waals surface area contributed by atoms with Crippen molar-refractivity contribution in [1.29, 1.82) is 0 Å². The molecule has 1 aliphatic rings. The Hall–Kier alpha value is -2.41. The van der Waals surface area contributed by atoms with Gasteiger partial charge in [0.2, 0.25) is 0 Å². The van der Waals surface area contributed by atoms with Crippen molar-refractivity contribution < 1.29 is 56.4 Å². The number of esters is 3. The number of nitrogens with one attached hydrogen (secondary N) is 1. The molecule has 154 valence electrons. The molecule has 0 aromatic carbocycles. The first kappa shape index (κ1) is 22.6. The fourth-order valence-electron chi connectivity index (χ4n) is 2.31. The van der Waals surface area contributed by atoms with Gasteiger partial charge in [-0.3, -0.25) is 19.2 Å². The molecule has 0 aromatic rings. The third-order valence-corrected chi connectivity index (χ3v) is 3.28. The number of carbonyl (C=O) groups is 4. The van der Waals surface area contributed by atoms with Gasteiger partial charge in [0.05, 0.1) is 0 Å². The molecule has 0 aliphatic carbocycles. The van der Waals surface area contributed by atoms with E-state index in [0.717, 1.165) is 20.8 Å². The van der Waals surface area contributed by atoms with Crippen LogP contribution in [0.15, 0.2) is 0 Å². The average molecular weight is 401 g/mol. The van der Waals surface area contributed by atoms with E-state index in [1.54, 1.807) is 0 Å². The second-order valence-electron chi connectivity index (χ2n) is 5.51. The molecular formula is C14H18F3NO9. The summed E-state index contributed by atoms with van der Waals surface area (Å²) in [4.78, 5) is 44.9. The Balaban J connectivity index is 3.18. The highest BCUT2D eigenvalue weighted by Gasteiger charge is 2.52. The minimum Gasteiger partial charge on any atom is -0.463 e. The van der Waals surface area contributed by atoms with Crippen LogP contribution < -0.4 is 5.32 Å². The summed E-state index contributed by atoms with van der Waals surface area (Å²) in [6, 6.07) is -1.92. The Morgan fingerprint density at radius 2 is 1.52 bits per heavy atom. The SMILES string of the molecule is CC(=O)OC[C@@H]1O[C@H](O)[C@@H](NC(=O)C(F)(F)F)[C@H](OC(C)=O)[C@H]1OC(C)=O. The first-order valence-electron chi connectivity index (χ1n) is 7.52. The lowest BCUT2D eigenvalue weighted by molar-refractivity contribution is -0.266. The number of amides is 1. The molecule has 0 radical (unpaired) electrons. The number of halogens is 3. The number of aliphatic hydroxyl groups excluding tert-OH is 1. The highest BCUT2D eigenvalue weighted by atomic mass is 19.4. The molecule has 1 fully saturated rings. The van der Waals surface area contributed by atoms with Crippen molar-refractivity contribution in [3.63, 3.8) is 0 Å². The Morgan fingerprint density at radius 1 is 1.00 bits per heavy atom. The van der Waals surface area contributed by atoms with Crippen molar-refractivity contribution in [2.45, 2.75) is 57.6 Å². The Bertz CT molecular complexity index is 595. The van der Waals surface area contributed by atoms with E-state index >= 15 is 0 Å². The molecule has 2 N–H and O–H groups in total. The highest BCUT2D eigenvalue weighted by Crippen LogP contribution is 2.27. The largest absolute Gasteiger partial charge is 0.471 e. The summed E-state index contributed by atoms with van der Waals surface area (Å²) < 4.78 is 57.1. The number of alkyl halides is 3. The monoisotopic (exact) mass is 401 g/mol. The van der Waals surface area contributed by atoms with Crippen LogP contribution in [-0.4, -0.2) is 72.3 Å². The molecule has 0 bridgehead atoms. The maximum atomic E-state index is 12.5. The molecule has 0 saturated carbocycles. The molecule has 13 heteroatoms. The summed E-state index contributed by atoms with van der Waals surface area (Å²) in [5, 5.41) is 11.4. The van der Waals surface area contributed by atoms with Gasteiger partial charge in [0, 0.05) is 20.8 Å². The third-order valence-electron chi connectivity index (χ3n) is 3.28. The van der Waals surface area contributed by atoms with Gasteiger partial charge in [-0.1, -0.05) is 0 Å². The van der Waals surface area contributed by atoms with Crippen LogP contribution in [0.2, 0.25) is 0 Å². The Labute approximate surface area is 150 Å². The van der Waals surface area contributed by atoms with Gasteiger partial charge in [0.1, 0.15) is 18.8 Å². The Morgan fingerprint density at radius 3 is 1.96 bits per heavy atom. The van der Waals surface area contributed by atoms with Crippen LogP contribution in [0.4, 0.5) is 13.2 Å². The number of carbonyl (C=O) groups excluding carboxylic acids is 4. The van der Waals surface area contributed by atoms with Gasteiger partial charge < -0.3 is 29.4 Å². The lowest BCUT2D eigenvalue weighted by atomic mass is 9.96. The zero-order valence-electron chi connectivity index (χ0n) is 14.4. The summed E-state index contributed by atoms with van der Waals surface area (Å²) in [6.07, 6.45) is -12.1. The maximum absolute atomic E-state index is 12.5. The molecule has 1 rings (SSSR count). The molecule has 0 spiro atoms. The first-order chi connectivity index (χ1) is 12.3. The first-order valence-corrected chi connectivity index (χ1v) is 7.52. The van der Waals surface area contributed by atoms with Gasteiger partial charge in [-0.2, -0.15) is 13.2 Å². The number of hydrogen-bond acceptors (Lipinski definition) is 9. The average Bonchev–Trinajstić information content (AvgIpc) is 2.49. The fraction of sp³-hybridized carbons (Fsp3) is 0.714. The van der Waals surface area contributed by atoms with E-state index < -0.39 is 67.2 Å². The number of rotatable bonds is 5. The molecule has 1 aliphatic heterocycles. The topological polar surface area (TPSA) is 137 Å². The van der Waals surface area contributed by atoms with Crippen LogP contribution in [0.5, 0.6) is 0 Å². The van der Waals surface area contributed by atoms with E-state index in [2.05, 4.69) is 0 Å². The summed E-state index contributed by atoms with van der Waals surface area (Å²) in [7, 11) is 0. The lowest BCUT2D eigenvalue weighted by Crippen LogP contribution is -2.67. The number of aliphatic hydroxyl groups is 1. The van der Waals surface area contributed by atoms with E-state index in [-0.39, 0.29) is 0 Å². The molecular weight excluding hydrogens is 383 g/mol. The van der Waals surface area contributed by atoms with Crippen LogP contribution in [-0.2, 0) is 38.1 Å². The molecule has 10 nitrogen and oxygen atoms in total. The van der Waals surface area contributed by atoms with Gasteiger partial charge in [0.25, 0.3) is 0 Å². The van der Waals surface area contributed by atoms with Crippen molar-refractivity contribution in [3.05, 3.63) is 0 Å². The van der Waals surface area contributed by atoms with Crippen LogP contribution in [0.1, 0.15) is 20.8 Å². The van der Waals surface area contributed by atoms with Gasteiger partial charge in [-0.25, -0.2) is 0 Å². The molecule has 5 atom stereocenters. The van der Waals surface area contributed by atoms with Crippen LogP contribution in [0.3, 0.4) is 0 Å². The smallest absolute Gasteiger partial charge is 0.463 e. The second kappa shape index (κ2) is 8.99. The van der Waals surface area contributed by atoms with Crippen LogP contribution >= 0.6 is 0 Å². The minimum atomic E-state index is -5.30. The predicted octanol–water partition coefficient (Wildman–Crippen LogP) is -0.823. The lowest BCUT2D eigenvalue weighted by Gasteiger charge is -2.43. The van der Waals surface area contributed by atoms with Crippen LogP contribution in [0.25, 0.3) is 0 Å². The molecule has 1 heterocycles. The van der Waals surface area contributed by atoms with Crippen LogP contribution in [0, 0.1) is 0 Å². The van der Waals surface area contributed by atoms with E-state index in [1.165, 1.54) is 5.32 Å². The second-order valence-corrected chi connectivity index (χ2v) is 5.51. The summed E-state index contributed by atoms with van der Waals surface area (Å²) in [5.74, 6) is -5.12. The van der Waals surface area contributed by atoms with E-state index in [0.29, 0.717) is 0 Å². The molecule has 1 saturated heterocycles. The van der Waals surface area contributed by atoms with Gasteiger partial charge in [-0.05, 0) is 0 Å². The summed E-state index contributed by atoms with van der Waals surface area (Å²) >= 11 is 0. The fourth-order valence-corrected chi connectivity index (χ4v) is 2.31. The van der Waals surface area contributed by atoms with Gasteiger partial charge in [-0.15, -0.1) is 0 Å². The highest BCUT2D eigenvalue weighted by molar-refractivity contribution is 5.82. The zero-order chi connectivity index (χ0) is 20.9. The molecule has 1 amide bonds. The van der Waals surface area contributed by atoms with E-state index in [1.807, 2.05) is 0 Å². The molecule has 27 heavy (non-hydrogen) atoms. The normalized spacial score (nSPS) is 28.0. The minimum absolute atomic E-state index is 0.567. The van der Waals surface area contributed by atoms with Crippen molar-refractivity contribution in [3.8, 4) is 0 Å². The van der Waals surface area contributed by atoms with Crippen molar-refractivity contribution >= 4 is 23.8 Å². The zero-order valence-corrected chi connectivity index (χ0v) is 14.4. The van der Waals surface area contributed by atoms with E-state index in [4.69, 9.17) is 18.9 Å². The van der Waals surface area contributed by atoms with Crippen molar-refractivity contribution in [1.82, 2.24) is 5.32 Å². The molecule has 0 unspecified atom stereocenters. The maximum Gasteiger partial charge on any atom is 0.471 e.